The summed E-state index contributed by atoms with van der Waals surface area (Å²) in [6, 6.07) is 12.0. The molecule has 130 valence electrons. The molecule has 0 saturated heterocycles. The molecule has 0 saturated carbocycles. The molecule has 25 heavy (non-hydrogen) atoms. The largest absolute Gasteiger partial charge is 0.351 e. The minimum Gasteiger partial charge on any atom is -0.351 e. The molecular weight excluding hydrogens is 330 g/mol. The zero-order chi connectivity index (χ0) is 17.6. The van der Waals surface area contributed by atoms with Gasteiger partial charge in [-0.05, 0) is 49.1 Å². The summed E-state index contributed by atoms with van der Waals surface area (Å²) in [4.78, 5) is 14.4. The van der Waals surface area contributed by atoms with E-state index in [1.807, 2.05) is 53.5 Å². The van der Waals surface area contributed by atoms with Gasteiger partial charge in [0.1, 0.15) is 0 Å². The Kier molecular flexibility index (Phi) is 5.66. The third-order valence-corrected chi connectivity index (χ3v) is 5.21. The van der Waals surface area contributed by atoms with Crippen molar-refractivity contribution >= 4 is 17.2 Å². The van der Waals surface area contributed by atoms with E-state index in [-0.39, 0.29) is 5.91 Å². The first-order valence-electron chi connectivity index (χ1n) is 8.64. The standard InChI is InChI=1S/C20H23N3OS/c1-3-7-17-12-19(25-15(17)2)20(24)21-11-10-16-13-22-23(14-16)18-8-5-4-6-9-18/h4-6,8-9,12-14H,3,7,10-11H2,1-2H3,(H,21,24). The third kappa shape index (κ3) is 4.37. The van der Waals surface area contributed by atoms with E-state index in [4.69, 9.17) is 0 Å². The van der Waals surface area contributed by atoms with Crippen LogP contribution in [0.4, 0.5) is 0 Å². The molecule has 2 aromatic heterocycles. The molecule has 0 radical (unpaired) electrons. The van der Waals surface area contributed by atoms with Crippen LogP contribution in [0.5, 0.6) is 0 Å². The van der Waals surface area contributed by atoms with E-state index < -0.39 is 0 Å². The van der Waals surface area contributed by atoms with Crippen LogP contribution in [-0.4, -0.2) is 22.2 Å². The van der Waals surface area contributed by atoms with Gasteiger partial charge >= 0.3 is 0 Å². The molecule has 5 heteroatoms. The lowest BCUT2D eigenvalue weighted by Gasteiger charge is -2.02. The molecule has 0 aliphatic carbocycles. The molecule has 0 fully saturated rings. The first-order valence-corrected chi connectivity index (χ1v) is 9.45. The van der Waals surface area contributed by atoms with Gasteiger partial charge in [-0.3, -0.25) is 4.79 Å². The number of hydrogen-bond donors (Lipinski definition) is 1. The SMILES string of the molecule is CCCc1cc(C(=O)NCCc2cnn(-c3ccccc3)c2)sc1C. The topological polar surface area (TPSA) is 46.9 Å². The van der Waals surface area contributed by atoms with Crippen LogP contribution in [0, 0.1) is 6.92 Å². The minimum atomic E-state index is 0.0194. The van der Waals surface area contributed by atoms with Crippen molar-refractivity contribution in [1.82, 2.24) is 15.1 Å². The first kappa shape index (κ1) is 17.4. The van der Waals surface area contributed by atoms with Crippen molar-refractivity contribution in [1.29, 1.82) is 0 Å². The Morgan fingerprint density at radius 2 is 2.04 bits per heavy atom. The van der Waals surface area contributed by atoms with Crippen molar-refractivity contribution in [3.63, 3.8) is 0 Å². The predicted octanol–water partition coefficient (Wildman–Crippen LogP) is 4.17. The average molecular weight is 353 g/mol. The van der Waals surface area contributed by atoms with Crippen LogP contribution in [-0.2, 0) is 12.8 Å². The van der Waals surface area contributed by atoms with Crippen LogP contribution in [0.3, 0.4) is 0 Å². The molecular formula is C20H23N3OS. The lowest BCUT2D eigenvalue weighted by molar-refractivity contribution is 0.0958. The highest BCUT2D eigenvalue weighted by Gasteiger charge is 2.11. The Morgan fingerprint density at radius 3 is 2.80 bits per heavy atom. The molecule has 0 aliphatic heterocycles. The summed E-state index contributed by atoms with van der Waals surface area (Å²) in [6.45, 7) is 4.86. The van der Waals surface area contributed by atoms with E-state index in [0.29, 0.717) is 6.54 Å². The fourth-order valence-corrected chi connectivity index (χ4v) is 3.76. The minimum absolute atomic E-state index is 0.0194. The highest BCUT2D eigenvalue weighted by Crippen LogP contribution is 2.22. The van der Waals surface area contributed by atoms with E-state index >= 15 is 0 Å². The van der Waals surface area contributed by atoms with Gasteiger partial charge in [-0.1, -0.05) is 31.5 Å². The van der Waals surface area contributed by atoms with Gasteiger partial charge in [-0.2, -0.15) is 5.10 Å². The van der Waals surface area contributed by atoms with E-state index in [9.17, 15) is 4.79 Å². The summed E-state index contributed by atoms with van der Waals surface area (Å²) in [5, 5.41) is 7.40. The maximum atomic E-state index is 12.3. The van der Waals surface area contributed by atoms with Crippen LogP contribution in [0.2, 0.25) is 0 Å². The maximum Gasteiger partial charge on any atom is 0.261 e. The van der Waals surface area contributed by atoms with Crippen molar-refractivity contribution < 1.29 is 4.79 Å². The van der Waals surface area contributed by atoms with E-state index in [2.05, 4.69) is 24.3 Å². The summed E-state index contributed by atoms with van der Waals surface area (Å²) in [6.07, 6.45) is 6.77. The molecule has 0 spiro atoms. The van der Waals surface area contributed by atoms with Crippen LogP contribution < -0.4 is 5.32 Å². The van der Waals surface area contributed by atoms with Crippen LogP contribution >= 0.6 is 11.3 Å². The average Bonchev–Trinajstić information content (AvgIpc) is 3.23. The number of rotatable bonds is 7. The number of amides is 1. The molecule has 0 bridgehead atoms. The number of nitrogens with one attached hydrogen (secondary N) is 1. The molecule has 1 N–H and O–H groups in total. The fourth-order valence-electron chi connectivity index (χ4n) is 2.77. The fraction of sp³-hybridized carbons (Fsp3) is 0.300. The third-order valence-electron chi connectivity index (χ3n) is 4.12. The monoisotopic (exact) mass is 353 g/mol. The second-order valence-electron chi connectivity index (χ2n) is 6.08. The van der Waals surface area contributed by atoms with Crippen molar-refractivity contribution in [2.45, 2.75) is 33.1 Å². The molecule has 0 aliphatic rings. The number of carbonyl (C=O) groups excluding carboxylic acids is 1. The summed E-state index contributed by atoms with van der Waals surface area (Å²) in [7, 11) is 0. The number of hydrogen-bond acceptors (Lipinski definition) is 3. The number of nitrogens with zero attached hydrogens (tertiary/aromatic N) is 2. The molecule has 0 atom stereocenters. The van der Waals surface area contributed by atoms with Gasteiger partial charge in [0.2, 0.25) is 0 Å². The molecule has 3 aromatic rings. The van der Waals surface area contributed by atoms with E-state index in [1.54, 1.807) is 11.3 Å². The number of aryl methyl sites for hydroxylation is 2. The van der Waals surface area contributed by atoms with Crippen LogP contribution in [0.1, 0.15) is 39.0 Å². The van der Waals surface area contributed by atoms with Gasteiger partial charge in [0.05, 0.1) is 16.8 Å². The van der Waals surface area contributed by atoms with E-state index in [0.717, 1.165) is 35.4 Å². The second kappa shape index (κ2) is 8.12. The number of carbonyl (C=O) groups is 1. The van der Waals surface area contributed by atoms with Crippen molar-refractivity contribution in [2.24, 2.45) is 0 Å². The van der Waals surface area contributed by atoms with Gasteiger partial charge in [0.25, 0.3) is 5.91 Å². The highest BCUT2D eigenvalue weighted by atomic mass is 32.1. The van der Waals surface area contributed by atoms with Gasteiger partial charge in [0, 0.05) is 17.6 Å². The Bertz CT molecular complexity index is 836. The predicted molar refractivity (Wildman–Crippen MR) is 103 cm³/mol. The number of benzene rings is 1. The maximum absolute atomic E-state index is 12.3. The summed E-state index contributed by atoms with van der Waals surface area (Å²) < 4.78 is 1.86. The number of para-hydroxylation sites is 1. The lowest BCUT2D eigenvalue weighted by atomic mass is 10.1. The van der Waals surface area contributed by atoms with Crippen molar-refractivity contribution in [2.75, 3.05) is 6.54 Å². The smallest absolute Gasteiger partial charge is 0.261 e. The number of aromatic nitrogens is 2. The van der Waals surface area contributed by atoms with Gasteiger partial charge in [0.15, 0.2) is 0 Å². The van der Waals surface area contributed by atoms with Gasteiger partial charge < -0.3 is 5.32 Å². The Labute approximate surface area is 152 Å². The summed E-state index contributed by atoms with van der Waals surface area (Å²) >= 11 is 1.58. The number of thiophene rings is 1. The Morgan fingerprint density at radius 1 is 1.24 bits per heavy atom. The Balaban J connectivity index is 1.54. The highest BCUT2D eigenvalue weighted by molar-refractivity contribution is 7.14. The summed E-state index contributed by atoms with van der Waals surface area (Å²) in [5.74, 6) is 0.0194. The zero-order valence-corrected chi connectivity index (χ0v) is 15.5. The molecule has 0 unspecified atom stereocenters. The lowest BCUT2D eigenvalue weighted by Crippen LogP contribution is -2.24. The molecule has 1 amide bonds. The van der Waals surface area contributed by atoms with Crippen molar-refractivity contribution in [3.05, 3.63) is 69.7 Å². The van der Waals surface area contributed by atoms with Gasteiger partial charge in [-0.25, -0.2) is 4.68 Å². The van der Waals surface area contributed by atoms with Crippen LogP contribution in [0.15, 0.2) is 48.8 Å². The Hall–Kier alpha value is -2.40. The molecule has 3 rings (SSSR count). The molecule has 2 heterocycles. The second-order valence-corrected chi connectivity index (χ2v) is 7.33. The molecule has 4 nitrogen and oxygen atoms in total. The van der Waals surface area contributed by atoms with Gasteiger partial charge in [-0.15, -0.1) is 11.3 Å². The quantitative estimate of drug-likeness (QED) is 0.693. The van der Waals surface area contributed by atoms with Crippen molar-refractivity contribution in [3.8, 4) is 5.69 Å². The first-order chi connectivity index (χ1) is 12.2. The zero-order valence-electron chi connectivity index (χ0n) is 14.7. The van der Waals surface area contributed by atoms with E-state index in [1.165, 1.54) is 10.4 Å². The summed E-state index contributed by atoms with van der Waals surface area (Å²) in [5.41, 5.74) is 3.44. The molecule has 1 aromatic carbocycles. The normalized spacial score (nSPS) is 10.8. The van der Waals surface area contributed by atoms with Crippen LogP contribution in [0.25, 0.3) is 5.69 Å².